The number of ether oxygens (including phenoxy) is 1. The molecule has 0 saturated heterocycles. The fraction of sp³-hybridized carbons (Fsp3) is 0.100. The molecule has 5 nitrogen and oxygen atoms in total. The van der Waals surface area contributed by atoms with E-state index in [2.05, 4.69) is 17.2 Å². The summed E-state index contributed by atoms with van der Waals surface area (Å²) in [6, 6.07) is 14.6. The topological polar surface area (TPSA) is 55.6 Å². The summed E-state index contributed by atoms with van der Waals surface area (Å²) in [6.07, 6.45) is 4.04. The molecule has 0 fully saturated rings. The molecule has 1 amide bonds. The minimum absolute atomic E-state index is 0.118. The first-order valence-electron chi connectivity index (χ1n) is 8.31. The maximum Gasteiger partial charge on any atom is 0.262 e. The third-order valence-electron chi connectivity index (χ3n) is 3.91. The number of carbonyl (C=O) groups is 1. The second-order valence-electron chi connectivity index (χ2n) is 6.01. The van der Waals surface area contributed by atoms with Gasteiger partial charge in [0.15, 0.2) is 11.6 Å². The lowest BCUT2D eigenvalue weighted by Crippen LogP contribution is -2.20. The van der Waals surface area contributed by atoms with Crippen LogP contribution in [0.2, 0.25) is 5.02 Å². The quantitative estimate of drug-likeness (QED) is 0.513. The Morgan fingerprint density at radius 1 is 1.22 bits per heavy atom. The Balaban J connectivity index is 1.45. The molecular weight excluding hydrogens is 382 g/mol. The number of anilines is 1. The van der Waals surface area contributed by atoms with Gasteiger partial charge in [0.25, 0.3) is 5.91 Å². The molecule has 136 valence electrons. The van der Waals surface area contributed by atoms with E-state index >= 15 is 0 Å². The van der Waals surface area contributed by atoms with E-state index < -0.39 is 0 Å². The van der Waals surface area contributed by atoms with E-state index in [0.29, 0.717) is 16.5 Å². The molecule has 7 heteroatoms. The van der Waals surface area contributed by atoms with Gasteiger partial charge in [0.1, 0.15) is 5.75 Å². The van der Waals surface area contributed by atoms with Gasteiger partial charge in [0.2, 0.25) is 0 Å². The summed E-state index contributed by atoms with van der Waals surface area (Å²) in [5.74, 6) is 0.227. The van der Waals surface area contributed by atoms with Crippen LogP contribution in [0, 0.1) is 6.92 Å². The Morgan fingerprint density at radius 2 is 2.07 bits per heavy atom. The van der Waals surface area contributed by atoms with Crippen molar-refractivity contribution in [2.75, 3.05) is 11.9 Å². The Hall–Kier alpha value is -2.83. The predicted octanol–water partition coefficient (Wildman–Crippen LogP) is 5.04. The standard InChI is InChI=1S/C20H16ClN3O2S/c1-13-10-24-11-17(23-20(24)27-13)14-5-4-6-15(9-14)22-19(25)12-26-18-8-3-2-7-16(18)21/h2-11H,12H2,1H3,(H,22,25). The number of imidazole rings is 1. The number of halogens is 1. The Labute approximate surface area is 165 Å². The van der Waals surface area contributed by atoms with E-state index in [1.165, 1.54) is 4.88 Å². The van der Waals surface area contributed by atoms with Crippen molar-refractivity contribution in [2.45, 2.75) is 6.92 Å². The number of nitrogens with zero attached hydrogens (tertiary/aromatic N) is 2. The van der Waals surface area contributed by atoms with Gasteiger partial charge in [0.05, 0.1) is 10.7 Å². The molecule has 4 aromatic rings. The summed E-state index contributed by atoms with van der Waals surface area (Å²) < 4.78 is 7.48. The summed E-state index contributed by atoms with van der Waals surface area (Å²) in [4.78, 5) is 19.0. The number of nitrogens with one attached hydrogen (secondary N) is 1. The molecule has 0 aliphatic carbocycles. The molecule has 0 bridgehead atoms. The third-order valence-corrected chi connectivity index (χ3v) is 5.13. The van der Waals surface area contributed by atoms with E-state index in [4.69, 9.17) is 16.3 Å². The number of hydrogen-bond acceptors (Lipinski definition) is 4. The average Bonchev–Trinajstić information content (AvgIpc) is 3.19. The van der Waals surface area contributed by atoms with Crippen molar-refractivity contribution in [3.05, 3.63) is 70.8 Å². The highest BCUT2D eigenvalue weighted by molar-refractivity contribution is 7.17. The van der Waals surface area contributed by atoms with Gasteiger partial charge in [0, 0.05) is 28.5 Å². The van der Waals surface area contributed by atoms with Gasteiger partial charge < -0.3 is 10.1 Å². The first kappa shape index (κ1) is 17.6. The number of aryl methyl sites for hydroxylation is 1. The number of amides is 1. The zero-order valence-electron chi connectivity index (χ0n) is 14.5. The van der Waals surface area contributed by atoms with E-state index in [-0.39, 0.29) is 12.5 Å². The monoisotopic (exact) mass is 397 g/mol. The molecule has 2 aromatic heterocycles. The minimum atomic E-state index is -0.256. The van der Waals surface area contributed by atoms with Crippen molar-refractivity contribution in [1.82, 2.24) is 9.38 Å². The van der Waals surface area contributed by atoms with E-state index in [1.807, 2.05) is 47.1 Å². The van der Waals surface area contributed by atoms with E-state index in [1.54, 1.807) is 29.5 Å². The summed E-state index contributed by atoms with van der Waals surface area (Å²) in [6.45, 7) is 1.94. The van der Waals surface area contributed by atoms with Crippen molar-refractivity contribution in [2.24, 2.45) is 0 Å². The maximum absolute atomic E-state index is 12.2. The van der Waals surface area contributed by atoms with Crippen LogP contribution in [0.1, 0.15) is 4.88 Å². The maximum atomic E-state index is 12.2. The van der Waals surface area contributed by atoms with Crippen molar-refractivity contribution in [3.8, 4) is 17.0 Å². The molecule has 4 rings (SSSR count). The van der Waals surface area contributed by atoms with Crippen LogP contribution in [0.5, 0.6) is 5.75 Å². The number of aromatic nitrogens is 2. The fourth-order valence-electron chi connectivity index (χ4n) is 2.71. The van der Waals surface area contributed by atoms with Crippen molar-refractivity contribution in [1.29, 1.82) is 0 Å². The molecule has 0 saturated carbocycles. The second kappa shape index (κ2) is 7.42. The normalized spacial score (nSPS) is 10.9. The molecule has 0 atom stereocenters. The number of fused-ring (bicyclic) bond motifs is 1. The number of para-hydroxylation sites is 1. The summed E-state index contributed by atoms with van der Waals surface area (Å²) in [5.41, 5.74) is 2.49. The highest BCUT2D eigenvalue weighted by atomic mass is 35.5. The Bertz CT molecular complexity index is 1090. The number of hydrogen-bond donors (Lipinski definition) is 1. The van der Waals surface area contributed by atoms with Crippen molar-refractivity contribution < 1.29 is 9.53 Å². The van der Waals surface area contributed by atoms with E-state index in [9.17, 15) is 4.79 Å². The molecule has 0 radical (unpaired) electrons. The molecule has 0 unspecified atom stereocenters. The van der Waals surface area contributed by atoms with Gasteiger partial charge in [-0.15, -0.1) is 11.3 Å². The molecule has 1 N–H and O–H groups in total. The molecular formula is C20H16ClN3O2S. The van der Waals surface area contributed by atoms with Gasteiger partial charge in [-0.3, -0.25) is 9.20 Å². The predicted molar refractivity (Wildman–Crippen MR) is 109 cm³/mol. The van der Waals surface area contributed by atoms with Crippen molar-refractivity contribution >= 4 is 39.5 Å². The highest BCUT2D eigenvalue weighted by Crippen LogP contribution is 2.26. The largest absolute Gasteiger partial charge is 0.482 e. The zero-order chi connectivity index (χ0) is 18.8. The van der Waals surface area contributed by atoms with Crippen LogP contribution in [-0.4, -0.2) is 21.9 Å². The van der Waals surface area contributed by atoms with Crippen LogP contribution in [0.15, 0.2) is 60.9 Å². The van der Waals surface area contributed by atoms with Gasteiger partial charge in [-0.1, -0.05) is 35.9 Å². The SMILES string of the molecule is Cc1cn2cc(-c3cccc(NC(=O)COc4ccccc4Cl)c3)nc2s1. The lowest BCUT2D eigenvalue weighted by Gasteiger charge is -2.09. The van der Waals surface area contributed by atoms with Crippen LogP contribution >= 0.6 is 22.9 Å². The first-order chi connectivity index (χ1) is 13.1. The summed E-state index contributed by atoms with van der Waals surface area (Å²) in [5, 5.41) is 3.31. The summed E-state index contributed by atoms with van der Waals surface area (Å²) >= 11 is 7.67. The van der Waals surface area contributed by atoms with E-state index in [0.717, 1.165) is 16.2 Å². The third kappa shape index (κ3) is 3.97. The lowest BCUT2D eigenvalue weighted by atomic mass is 10.1. The Kier molecular flexibility index (Phi) is 4.83. The number of carbonyl (C=O) groups excluding carboxylic acids is 1. The lowest BCUT2D eigenvalue weighted by molar-refractivity contribution is -0.118. The molecule has 2 heterocycles. The van der Waals surface area contributed by atoms with Crippen LogP contribution in [0.4, 0.5) is 5.69 Å². The Morgan fingerprint density at radius 3 is 2.89 bits per heavy atom. The highest BCUT2D eigenvalue weighted by Gasteiger charge is 2.09. The zero-order valence-corrected chi connectivity index (χ0v) is 16.1. The van der Waals surface area contributed by atoms with Gasteiger partial charge >= 0.3 is 0 Å². The molecule has 0 aliphatic heterocycles. The van der Waals surface area contributed by atoms with Gasteiger partial charge in [-0.25, -0.2) is 4.98 Å². The van der Waals surface area contributed by atoms with Crippen molar-refractivity contribution in [3.63, 3.8) is 0 Å². The number of thiazole rings is 1. The number of benzene rings is 2. The van der Waals surface area contributed by atoms with Crippen LogP contribution in [0.25, 0.3) is 16.2 Å². The van der Waals surface area contributed by atoms with Crippen LogP contribution < -0.4 is 10.1 Å². The smallest absolute Gasteiger partial charge is 0.262 e. The van der Waals surface area contributed by atoms with Crippen LogP contribution in [0.3, 0.4) is 0 Å². The molecule has 0 aliphatic rings. The number of rotatable bonds is 5. The second-order valence-corrected chi connectivity index (χ2v) is 7.63. The fourth-order valence-corrected chi connectivity index (χ4v) is 3.71. The minimum Gasteiger partial charge on any atom is -0.482 e. The summed E-state index contributed by atoms with van der Waals surface area (Å²) in [7, 11) is 0. The molecule has 27 heavy (non-hydrogen) atoms. The first-order valence-corrected chi connectivity index (χ1v) is 9.51. The molecule has 2 aromatic carbocycles. The van der Waals surface area contributed by atoms with Gasteiger partial charge in [-0.05, 0) is 31.2 Å². The average molecular weight is 398 g/mol. The van der Waals surface area contributed by atoms with Crippen LogP contribution in [-0.2, 0) is 4.79 Å². The van der Waals surface area contributed by atoms with Gasteiger partial charge in [-0.2, -0.15) is 0 Å². The molecule has 0 spiro atoms.